The van der Waals surface area contributed by atoms with Crippen molar-refractivity contribution in [3.8, 4) is 11.5 Å². The van der Waals surface area contributed by atoms with Gasteiger partial charge >= 0.3 is 0 Å². The standard InChI is InChI=1S/C20H21FN4O2S/c1-13(2)19-23-24-20(28)25(19)22-11-14-8-9-17(18(10-14)26-3)27-12-15-6-4-5-7-16(15)21/h4-11,13H,12H2,1-3H3,(H,24,28)/b22-11-. The largest absolute Gasteiger partial charge is 0.493 e. The van der Waals surface area contributed by atoms with Gasteiger partial charge in [0.25, 0.3) is 0 Å². The Morgan fingerprint density at radius 1 is 1.25 bits per heavy atom. The predicted octanol–water partition coefficient (Wildman–Crippen LogP) is 4.67. The lowest BCUT2D eigenvalue weighted by molar-refractivity contribution is 0.279. The van der Waals surface area contributed by atoms with E-state index in [1.807, 2.05) is 19.9 Å². The zero-order chi connectivity index (χ0) is 20.1. The van der Waals surface area contributed by atoms with Gasteiger partial charge in [0.2, 0.25) is 4.77 Å². The van der Waals surface area contributed by atoms with Crippen molar-refractivity contribution in [2.24, 2.45) is 5.10 Å². The molecule has 3 rings (SSSR count). The van der Waals surface area contributed by atoms with Gasteiger partial charge in [-0.05, 0) is 42.0 Å². The fourth-order valence-corrected chi connectivity index (χ4v) is 2.75. The molecular formula is C20H21FN4O2S. The van der Waals surface area contributed by atoms with Gasteiger partial charge in [-0.1, -0.05) is 32.0 Å². The van der Waals surface area contributed by atoms with Crippen LogP contribution in [0.2, 0.25) is 0 Å². The van der Waals surface area contributed by atoms with Crippen LogP contribution in [0.4, 0.5) is 4.39 Å². The highest BCUT2D eigenvalue weighted by molar-refractivity contribution is 7.71. The first-order valence-corrected chi connectivity index (χ1v) is 9.16. The predicted molar refractivity (Wildman–Crippen MR) is 108 cm³/mol. The third-order valence-corrected chi connectivity index (χ3v) is 4.31. The first-order valence-electron chi connectivity index (χ1n) is 8.75. The molecular weight excluding hydrogens is 379 g/mol. The summed E-state index contributed by atoms with van der Waals surface area (Å²) >= 11 is 5.22. The van der Waals surface area contributed by atoms with Gasteiger partial charge in [0.1, 0.15) is 12.4 Å². The topological polar surface area (TPSA) is 64.4 Å². The molecule has 0 aliphatic rings. The van der Waals surface area contributed by atoms with E-state index in [0.717, 1.165) is 11.4 Å². The second kappa shape index (κ2) is 8.79. The maximum absolute atomic E-state index is 13.7. The number of nitrogens with one attached hydrogen (secondary N) is 1. The number of rotatable bonds is 7. The quantitative estimate of drug-likeness (QED) is 0.462. The third kappa shape index (κ3) is 4.45. The van der Waals surface area contributed by atoms with Gasteiger partial charge in [0, 0.05) is 11.5 Å². The lowest BCUT2D eigenvalue weighted by atomic mass is 10.2. The molecule has 0 fully saturated rings. The Bertz CT molecular complexity index is 1040. The van der Waals surface area contributed by atoms with Crippen molar-refractivity contribution in [3.63, 3.8) is 0 Å². The minimum Gasteiger partial charge on any atom is -0.493 e. The molecule has 28 heavy (non-hydrogen) atoms. The Hall–Kier alpha value is -3.00. The smallest absolute Gasteiger partial charge is 0.216 e. The average Bonchev–Trinajstić information content (AvgIpc) is 3.06. The first kappa shape index (κ1) is 19.8. The van der Waals surface area contributed by atoms with Gasteiger partial charge in [-0.3, -0.25) is 5.10 Å². The lowest BCUT2D eigenvalue weighted by Gasteiger charge is -2.11. The molecule has 0 saturated heterocycles. The van der Waals surface area contributed by atoms with Crippen molar-refractivity contribution in [2.45, 2.75) is 26.4 Å². The van der Waals surface area contributed by atoms with Crippen LogP contribution >= 0.6 is 12.2 Å². The van der Waals surface area contributed by atoms with Gasteiger partial charge in [-0.25, -0.2) is 4.39 Å². The van der Waals surface area contributed by atoms with Crippen LogP contribution in [0.15, 0.2) is 47.6 Å². The van der Waals surface area contributed by atoms with Gasteiger partial charge in [0.05, 0.1) is 13.3 Å². The molecule has 1 aromatic heterocycles. The van der Waals surface area contributed by atoms with Crippen molar-refractivity contribution < 1.29 is 13.9 Å². The van der Waals surface area contributed by atoms with Crippen LogP contribution in [-0.4, -0.2) is 28.2 Å². The van der Waals surface area contributed by atoms with E-state index in [1.54, 1.807) is 48.3 Å². The molecule has 2 aromatic carbocycles. The summed E-state index contributed by atoms with van der Waals surface area (Å²) in [5, 5.41) is 11.4. The number of H-pyrrole nitrogens is 1. The molecule has 0 saturated carbocycles. The van der Waals surface area contributed by atoms with Crippen LogP contribution in [0.25, 0.3) is 0 Å². The number of halogens is 1. The molecule has 8 heteroatoms. The van der Waals surface area contributed by atoms with Gasteiger partial charge < -0.3 is 9.47 Å². The molecule has 0 unspecified atom stereocenters. The van der Waals surface area contributed by atoms with Gasteiger partial charge in [-0.2, -0.15) is 14.9 Å². The Labute approximate surface area is 167 Å². The van der Waals surface area contributed by atoms with Crippen molar-refractivity contribution in [3.05, 3.63) is 70.0 Å². The van der Waals surface area contributed by atoms with Crippen LogP contribution < -0.4 is 9.47 Å². The molecule has 1 heterocycles. The van der Waals surface area contributed by atoms with Crippen LogP contribution in [-0.2, 0) is 6.61 Å². The number of ether oxygens (including phenoxy) is 2. The Morgan fingerprint density at radius 2 is 2.04 bits per heavy atom. The van der Waals surface area contributed by atoms with Crippen LogP contribution in [0.1, 0.15) is 36.7 Å². The molecule has 0 spiro atoms. The number of hydrogen-bond acceptors (Lipinski definition) is 5. The summed E-state index contributed by atoms with van der Waals surface area (Å²) < 4.78 is 26.9. The monoisotopic (exact) mass is 400 g/mol. The highest BCUT2D eigenvalue weighted by Gasteiger charge is 2.10. The number of benzene rings is 2. The van der Waals surface area contributed by atoms with E-state index in [2.05, 4.69) is 15.3 Å². The van der Waals surface area contributed by atoms with Crippen LogP contribution in [0.3, 0.4) is 0 Å². The van der Waals surface area contributed by atoms with E-state index in [4.69, 9.17) is 21.7 Å². The maximum Gasteiger partial charge on any atom is 0.216 e. The van der Waals surface area contributed by atoms with E-state index < -0.39 is 0 Å². The molecule has 6 nitrogen and oxygen atoms in total. The minimum absolute atomic E-state index is 0.110. The number of aromatic nitrogens is 3. The SMILES string of the molecule is COc1cc(/C=N\n2c(C(C)C)n[nH]c2=S)ccc1OCc1ccccc1F. The normalized spacial score (nSPS) is 11.3. The third-order valence-electron chi connectivity index (χ3n) is 4.04. The van der Waals surface area contributed by atoms with Gasteiger partial charge in [-0.15, -0.1) is 0 Å². The van der Waals surface area contributed by atoms with E-state index in [-0.39, 0.29) is 18.3 Å². The molecule has 0 atom stereocenters. The summed E-state index contributed by atoms with van der Waals surface area (Å²) in [6.07, 6.45) is 1.67. The van der Waals surface area contributed by atoms with Gasteiger partial charge in [0.15, 0.2) is 17.3 Å². The van der Waals surface area contributed by atoms with Crippen molar-refractivity contribution in [1.29, 1.82) is 0 Å². The molecule has 146 valence electrons. The summed E-state index contributed by atoms with van der Waals surface area (Å²) in [6, 6.07) is 11.9. The summed E-state index contributed by atoms with van der Waals surface area (Å²) in [4.78, 5) is 0. The first-order chi connectivity index (χ1) is 13.5. The van der Waals surface area contributed by atoms with E-state index >= 15 is 0 Å². The van der Waals surface area contributed by atoms with E-state index in [9.17, 15) is 4.39 Å². The molecule has 3 aromatic rings. The Morgan fingerprint density at radius 3 is 2.75 bits per heavy atom. The van der Waals surface area contributed by atoms with E-state index in [0.29, 0.717) is 21.8 Å². The second-order valence-corrected chi connectivity index (χ2v) is 6.78. The summed E-state index contributed by atoms with van der Waals surface area (Å²) in [5.74, 6) is 1.67. The zero-order valence-corrected chi connectivity index (χ0v) is 16.7. The number of hydrogen-bond donors (Lipinski definition) is 1. The minimum atomic E-state index is -0.303. The fraction of sp³-hybridized carbons (Fsp3) is 0.250. The lowest BCUT2D eigenvalue weighted by Crippen LogP contribution is -2.02. The summed E-state index contributed by atoms with van der Waals surface area (Å²) in [7, 11) is 1.55. The number of aromatic amines is 1. The summed E-state index contributed by atoms with van der Waals surface area (Å²) in [6.45, 7) is 4.14. The highest BCUT2D eigenvalue weighted by atomic mass is 32.1. The highest BCUT2D eigenvalue weighted by Crippen LogP contribution is 2.28. The second-order valence-electron chi connectivity index (χ2n) is 6.39. The molecule has 0 bridgehead atoms. The molecule has 0 aliphatic heterocycles. The molecule has 1 N–H and O–H groups in total. The van der Waals surface area contributed by atoms with Crippen LogP contribution in [0.5, 0.6) is 11.5 Å². The Kier molecular flexibility index (Phi) is 6.20. The Balaban J connectivity index is 1.79. The van der Waals surface area contributed by atoms with E-state index in [1.165, 1.54) is 6.07 Å². The maximum atomic E-state index is 13.7. The molecule has 0 radical (unpaired) electrons. The molecule has 0 amide bonds. The van der Waals surface area contributed by atoms with Crippen LogP contribution in [0, 0.1) is 10.6 Å². The molecule has 0 aliphatic carbocycles. The van der Waals surface area contributed by atoms with Crippen molar-refractivity contribution in [1.82, 2.24) is 14.9 Å². The zero-order valence-electron chi connectivity index (χ0n) is 15.8. The van der Waals surface area contributed by atoms with Crippen molar-refractivity contribution >= 4 is 18.4 Å². The number of nitrogens with zero attached hydrogens (tertiary/aromatic N) is 3. The average molecular weight is 400 g/mol. The fourth-order valence-electron chi connectivity index (χ4n) is 2.57. The number of methoxy groups -OCH3 is 1. The van der Waals surface area contributed by atoms with Crippen molar-refractivity contribution in [2.75, 3.05) is 7.11 Å². The summed E-state index contributed by atoms with van der Waals surface area (Å²) in [5.41, 5.74) is 1.28.